The van der Waals surface area contributed by atoms with Crippen LogP contribution >= 0.6 is 0 Å². The van der Waals surface area contributed by atoms with E-state index in [1.165, 1.54) is 45.4 Å². The highest BCUT2D eigenvalue weighted by atomic mass is 16.2. The summed E-state index contributed by atoms with van der Waals surface area (Å²) in [6, 6.07) is -2.70. The van der Waals surface area contributed by atoms with Crippen LogP contribution in [0, 0.1) is 0 Å². The van der Waals surface area contributed by atoms with Gasteiger partial charge >= 0.3 is 0 Å². The topological polar surface area (TPSA) is 229 Å². The normalized spacial score (nSPS) is 13.0. The Kier molecular flexibility index (Phi) is 21.6. The standard InChI is InChI=1S/C28H53N7O6/c1-3-4-5-6-7-8-9-10-11-15-23(36)33-19-25(38)34-21(26(30)39)14-12-13-18-32-24(37)17-16-22(27(31)40)35-28(41)20(2)29/h20-22H,3-19,29H2,1-2H3,(H2,30,39)(H2,31,40)(H,32,37)(H,33,36)(H,34,38)(H,35,41)/t20-,21-,22+/m0/s1. The zero-order valence-electron chi connectivity index (χ0n) is 24.9. The molecule has 0 spiro atoms. The van der Waals surface area contributed by atoms with Gasteiger partial charge in [0.25, 0.3) is 0 Å². The summed E-state index contributed by atoms with van der Waals surface area (Å²) in [4.78, 5) is 71.1. The number of hydrogen-bond donors (Lipinski definition) is 7. The Morgan fingerprint density at radius 2 is 1.15 bits per heavy atom. The first-order chi connectivity index (χ1) is 19.5. The largest absolute Gasteiger partial charge is 0.368 e. The van der Waals surface area contributed by atoms with Crippen molar-refractivity contribution in [3.8, 4) is 0 Å². The van der Waals surface area contributed by atoms with Gasteiger partial charge in [-0.15, -0.1) is 0 Å². The quantitative estimate of drug-likeness (QED) is 0.0746. The number of amides is 6. The van der Waals surface area contributed by atoms with Gasteiger partial charge in [0.05, 0.1) is 12.6 Å². The number of nitrogens with two attached hydrogens (primary N) is 3. The molecule has 0 rings (SSSR count). The Morgan fingerprint density at radius 3 is 1.71 bits per heavy atom. The first-order valence-corrected chi connectivity index (χ1v) is 14.9. The molecule has 0 aliphatic rings. The molecule has 0 aromatic rings. The minimum atomic E-state index is -1.00. The molecular weight excluding hydrogens is 530 g/mol. The SMILES string of the molecule is CCCCCCCCCCCC(=O)NCC(=O)N[C@@H](CCCCNC(=O)CC[C@@H](NC(=O)[C@H](C)N)C(N)=O)C(N)=O. The van der Waals surface area contributed by atoms with Gasteiger partial charge in [-0.25, -0.2) is 0 Å². The molecule has 236 valence electrons. The van der Waals surface area contributed by atoms with E-state index in [4.69, 9.17) is 17.2 Å². The van der Waals surface area contributed by atoms with Crippen LogP contribution < -0.4 is 38.5 Å². The van der Waals surface area contributed by atoms with Crippen molar-refractivity contribution in [2.24, 2.45) is 17.2 Å². The van der Waals surface area contributed by atoms with Gasteiger partial charge in [0, 0.05) is 19.4 Å². The zero-order valence-corrected chi connectivity index (χ0v) is 24.9. The van der Waals surface area contributed by atoms with E-state index in [0.29, 0.717) is 25.8 Å². The van der Waals surface area contributed by atoms with E-state index >= 15 is 0 Å². The summed E-state index contributed by atoms with van der Waals surface area (Å²) < 4.78 is 0. The third-order valence-corrected chi connectivity index (χ3v) is 6.61. The van der Waals surface area contributed by atoms with Crippen LogP contribution in [0.15, 0.2) is 0 Å². The average molecular weight is 584 g/mol. The first-order valence-electron chi connectivity index (χ1n) is 14.9. The number of rotatable bonds is 25. The molecule has 3 atom stereocenters. The average Bonchev–Trinajstić information content (AvgIpc) is 2.91. The van der Waals surface area contributed by atoms with Crippen molar-refractivity contribution >= 4 is 35.4 Å². The van der Waals surface area contributed by atoms with Gasteiger partial charge in [-0.05, 0) is 39.0 Å². The van der Waals surface area contributed by atoms with Crippen LogP contribution in [-0.4, -0.2) is 66.7 Å². The molecule has 0 saturated carbocycles. The zero-order chi connectivity index (χ0) is 31.0. The number of unbranched alkanes of at least 4 members (excludes halogenated alkanes) is 9. The fourth-order valence-electron chi connectivity index (χ4n) is 4.05. The van der Waals surface area contributed by atoms with Crippen molar-refractivity contribution in [1.29, 1.82) is 0 Å². The van der Waals surface area contributed by atoms with Crippen LogP contribution in [0.3, 0.4) is 0 Å². The minimum absolute atomic E-state index is 0.0301. The Balaban J connectivity index is 4.09. The molecule has 10 N–H and O–H groups in total. The van der Waals surface area contributed by atoms with Crippen molar-refractivity contribution in [2.75, 3.05) is 13.1 Å². The molecule has 0 aliphatic heterocycles. The van der Waals surface area contributed by atoms with Crippen molar-refractivity contribution in [1.82, 2.24) is 21.3 Å². The van der Waals surface area contributed by atoms with E-state index in [2.05, 4.69) is 28.2 Å². The second-order valence-corrected chi connectivity index (χ2v) is 10.5. The third kappa shape index (κ3) is 21.2. The maximum atomic E-state index is 12.2. The summed E-state index contributed by atoms with van der Waals surface area (Å²) in [5.74, 6) is -3.01. The summed E-state index contributed by atoms with van der Waals surface area (Å²) in [6.07, 6.45) is 12.0. The summed E-state index contributed by atoms with van der Waals surface area (Å²) in [7, 11) is 0. The van der Waals surface area contributed by atoms with Gasteiger partial charge in [0.2, 0.25) is 35.4 Å². The molecule has 0 fully saturated rings. The van der Waals surface area contributed by atoms with Crippen molar-refractivity contribution in [3.05, 3.63) is 0 Å². The highest BCUT2D eigenvalue weighted by Gasteiger charge is 2.21. The van der Waals surface area contributed by atoms with Crippen LogP contribution in [0.5, 0.6) is 0 Å². The molecular formula is C28H53N7O6. The van der Waals surface area contributed by atoms with Crippen LogP contribution in [0.2, 0.25) is 0 Å². The van der Waals surface area contributed by atoms with Crippen molar-refractivity contribution < 1.29 is 28.8 Å². The molecule has 0 heterocycles. The van der Waals surface area contributed by atoms with Crippen molar-refractivity contribution in [2.45, 2.75) is 128 Å². The van der Waals surface area contributed by atoms with Crippen LogP contribution in [0.4, 0.5) is 0 Å². The molecule has 13 nitrogen and oxygen atoms in total. The molecule has 0 saturated heterocycles. The maximum Gasteiger partial charge on any atom is 0.240 e. The number of nitrogens with one attached hydrogen (secondary N) is 4. The smallest absolute Gasteiger partial charge is 0.240 e. The molecule has 0 bridgehead atoms. The second kappa shape index (κ2) is 23.5. The van der Waals surface area contributed by atoms with E-state index in [1.54, 1.807) is 0 Å². The Hall–Kier alpha value is -3.22. The highest BCUT2D eigenvalue weighted by Crippen LogP contribution is 2.10. The van der Waals surface area contributed by atoms with Gasteiger partial charge in [-0.2, -0.15) is 0 Å². The van der Waals surface area contributed by atoms with Gasteiger partial charge in [-0.1, -0.05) is 58.3 Å². The summed E-state index contributed by atoms with van der Waals surface area (Å²) >= 11 is 0. The maximum absolute atomic E-state index is 12.2. The summed E-state index contributed by atoms with van der Waals surface area (Å²) in [6.45, 7) is 3.74. The number of carbonyl (C=O) groups is 6. The van der Waals surface area contributed by atoms with Crippen LogP contribution in [0.25, 0.3) is 0 Å². The molecule has 0 radical (unpaired) electrons. The molecule has 0 unspecified atom stereocenters. The molecule has 0 aromatic carbocycles. The Bertz CT molecular complexity index is 822. The predicted octanol–water partition coefficient (Wildman–Crippen LogP) is 0.378. The van der Waals surface area contributed by atoms with Gasteiger partial charge in [0.1, 0.15) is 12.1 Å². The van der Waals surface area contributed by atoms with E-state index in [1.807, 2.05) is 0 Å². The fourth-order valence-corrected chi connectivity index (χ4v) is 4.05. The predicted molar refractivity (Wildman–Crippen MR) is 157 cm³/mol. The first kappa shape index (κ1) is 37.8. The number of carbonyl (C=O) groups excluding carboxylic acids is 6. The molecule has 0 aromatic heterocycles. The number of hydrogen-bond acceptors (Lipinski definition) is 7. The van der Waals surface area contributed by atoms with Crippen LogP contribution in [0.1, 0.15) is 110 Å². The van der Waals surface area contributed by atoms with Gasteiger partial charge in [0.15, 0.2) is 0 Å². The lowest BCUT2D eigenvalue weighted by molar-refractivity contribution is -0.129. The second-order valence-electron chi connectivity index (χ2n) is 10.5. The van der Waals surface area contributed by atoms with Gasteiger partial charge in [-0.3, -0.25) is 28.8 Å². The lowest BCUT2D eigenvalue weighted by atomic mass is 10.1. The lowest BCUT2D eigenvalue weighted by Crippen LogP contribution is -2.49. The van der Waals surface area contributed by atoms with Crippen LogP contribution in [-0.2, 0) is 28.8 Å². The summed E-state index contributed by atoms with van der Waals surface area (Å²) in [5.41, 5.74) is 16.1. The van der Waals surface area contributed by atoms with Crippen molar-refractivity contribution in [3.63, 3.8) is 0 Å². The van der Waals surface area contributed by atoms with E-state index in [0.717, 1.165) is 19.3 Å². The minimum Gasteiger partial charge on any atom is -0.368 e. The Labute approximate surface area is 244 Å². The Morgan fingerprint density at radius 1 is 0.610 bits per heavy atom. The molecule has 41 heavy (non-hydrogen) atoms. The van der Waals surface area contributed by atoms with E-state index in [-0.39, 0.29) is 37.6 Å². The fraction of sp³-hybridized carbons (Fsp3) is 0.786. The van der Waals surface area contributed by atoms with Gasteiger partial charge < -0.3 is 38.5 Å². The molecule has 0 aliphatic carbocycles. The third-order valence-electron chi connectivity index (χ3n) is 6.61. The molecule has 13 heteroatoms. The van der Waals surface area contributed by atoms with E-state index < -0.39 is 41.8 Å². The molecule has 6 amide bonds. The monoisotopic (exact) mass is 583 g/mol. The summed E-state index contributed by atoms with van der Waals surface area (Å²) in [5, 5.41) is 10.2. The van der Waals surface area contributed by atoms with E-state index in [9.17, 15) is 28.8 Å². The lowest BCUT2D eigenvalue weighted by Gasteiger charge is -2.17. The number of primary amides is 2. The highest BCUT2D eigenvalue weighted by molar-refractivity contribution is 5.90.